The second-order valence-corrected chi connectivity index (χ2v) is 6.54. The average molecular weight is 283 g/mol. The Kier molecular flexibility index (Phi) is 4.40. The van der Waals surface area contributed by atoms with Crippen molar-refractivity contribution in [2.24, 2.45) is 11.7 Å². The van der Waals surface area contributed by atoms with E-state index in [9.17, 15) is 0 Å². The summed E-state index contributed by atoms with van der Waals surface area (Å²) in [5.74, 6) is 3.88. The van der Waals surface area contributed by atoms with Gasteiger partial charge in [0.15, 0.2) is 0 Å². The van der Waals surface area contributed by atoms with E-state index in [0.717, 1.165) is 36.8 Å². The second-order valence-electron chi connectivity index (χ2n) is 5.39. The molecule has 1 saturated carbocycles. The van der Waals surface area contributed by atoms with Crippen molar-refractivity contribution in [2.75, 3.05) is 18.1 Å². The fraction of sp³-hybridized carbons (Fsp3) is 0.846. The molecular formula is C13H21N3O2S. The first-order valence-corrected chi connectivity index (χ1v) is 8.26. The van der Waals surface area contributed by atoms with Crippen molar-refractivity contribution in [1.29, 1.82) is 0 Å². The fourth-order valence-corrected chi connectivity index (χ4v) is 3.67. The smallest absolute Gasteiger partial charge is 0.227 e. The number of nitrogens with two attached hydrogens (primary N) is 1. The molecule has 2 heterocycles. The molecule has 0 amide bonds. The van der Waals surface area contributed by atoms with E-state index in [-0.39, 0.29) is 12.1 Å². The Morgan fingerprint density at radius 2 is 2.21 bits per heavy atom. The van der Waals surface area contributed by atoms with E-state index in [4.69, 9.17) is 15.0 Å². The van der Waals surface area contributed by atoms with E-state index in [1.807, 2.05) is 11.8 Å². The van der Waals surface area contributed by atoms with Gasteiger partial charge in [0, 0.05) is 24.0 Å². The third-order valence-electron chi connectivity index (χ3n) is 3.99. The van der Waals surface area contributed by atoms with Crippen LogP contribution in [-0.4, -0.2) is 34.3 Å². The summed E-state index contributed by atoms with van der Waals surface area (Å²) in [5, 5.41) is 4.07. The standard InChI is InChI=1S/C13H21N3O2S/c14-10-4-2-1-3-9(10)7-12-15-13(16-18-12)11-8-19-6-5-17-11/h9-11H,1-8,14H2. The number of nitrogens with zero attached hydrogens (tertiary/aromatic N) is 2. The van der Waals surface area contributed by atoms with Crippen molar-refractivity contribution in [1.82, 2.24) is 10.1 Å². The maximum Gasteiger partial charge on any atom is 0.227 e. The van der Waals surface area contributed by atoms with Crippen LogP contribution in [0.2, 0.25) is 0 Å². The molecule has 1 aliphatic carbocycles. The van der Waals surface area contributed by atoms with Crippen LogP contribution < -0.4 is 5.73 Å². The van der Waals surface area contributed by atoms with Gasteiger partial charge in [0.25, 0.3) is 0 Å². The Morgan fingerprint density at radius 3 is 3.00 bits per heavy atom. The highest BCUT2D eigenvalue weighted by Gasteiger charge is 2.26. The molecule has 0 spiro atoms. The summed E-state index contributed by atoms with van der Waals surface area (Å²) in [5.41, 5.74) is 6.16. The monoisotopic (exact) mass is 283 g/mol. The largest absolute Gasteiger partial charge is 0.368 e. The molecule has 2 aliphatic rings. The maximum absolute atomic E-state index is 6.16. The summed E-state index contributed by atoms with van der Waals surface area (Å²) in [7, 11) is 0. The van der Waals surface area contributed by atoms with Crippen molar-refractivity contribution in [3.63, 3.8) is 0 Å². The number of hydrogen-bond acceptors (Lipinski definition) is 6. The first kappa shape index (κ1) is 13.4. The molecule has 0 aromatic carbocycles. The van der Waals surface area contributed by atoms with Crippen LogP contribution in [0.3, 0.4) is 0 Å². The molecule has 1 saturated heterocycles. The van der Waals surface area contributed by atoms with Gasteiger partial charge in [0.1, 0.15) is 6.10 Å². The topological polar surface area (TPSA) is 74.2 Å². The van der Waals surface area contributed by atoms with Gasteiger partial charge < -0.3 is 15.0 Å². The highest BCUT2D eigenvalue weighted by atomic mass is 32.2. The zero-order valence-electron chi connectivity index (χ0n) is 11.1. The van der Waals surface area contributed by atoms with Crippen molar-refractivity contribution in [3.05, 3.63) is 11.7 Å². The van der Waals surface area contributed by atoms with E-state index in [2.05, 4.69) is 10.1 Å². The van der Waals surface area contributed by atoms with Gasteiger partial charge in [-0.3, -0.25) is 0 Å². The van der Waals surface area contributed by atoms with Gasteiger partial charge in [-0.1, -0.05) is 18.0 Å². The Labute approximate surface area is 117 Å². The molecule has 2 fully saturated rings. The van der Waals surface area contributed by atoms with Crippen LogP contribution in [-0.2, 0) is 11.2 Å². The van der Waals surface area contributed by atoms with Crippen LogP contribution in [0.4, 0.5) is 0 Å². The Bertz CT molecular complexity index is 406. The third kappa shape index (κ3) is 3.30. The predicted molar refractivity (Wildman–Crippen MR) is 74.0 cm³/mol. The first-order chi connectivity index (χ1) is 9.33. The quantitative estimate of drug-likeness (QED) is 0.913. The van der Waals surface area contributed by atoms with Crippen LogP contribution in [0.1, 0.15) is 43.5 Å². The normalized spacial score (nSPS) is 32.4. The highest BCUT2D eigenvalue weighted by Crippen LogP contribution is 2.28. The molecule has 6 heteroatoms. The van der Waals surface area contributed by atoms with Crippen molar-refractivity contribution in [3.8, 4) is 0 Å². The van der Waals surface area contributed by atoms with Gasteiger partial charge in [-0.15, -0.1) is 0 Å². The minimum atomic E-state index is -0.00345. The lowest BCUT2D eigenvalue weighted by atomic mass is 9.83. The SMILES string of the molecule is NC1CCCCC1Cc1nc(C2CSCCO2)no1. The molecule has 0 bridgehead atoms. The van der Waals surface area contributed by atoms with Crippen LogP contribution >= 0.6 is 11.8 Å². The van der Waals surface area contributed by atoms with Gasteiger partial charge in [0.05, 0.1) is 6.61 Å². The van der Waals surface area contributed by atoms with Crippen LogP contribution in [0.5, 0.6) is 0 Å². The Balaban J connectivity index is 1.60. The van der Waals surface area contributed by atoms with Crippen LogP contribution in [0.25, 0.3) is 0 Å². The lowest BCUT2D eigenvalue weighted by molar-refractivity contribution is 0.0677. The van der Waals surface area contributed by atoms with Crippen molar-refractivity contribution >= 4 is 11.8 Å². The summed E-state index contributed by atoms with van der Waals surface area (Å²) in [6.45, 7) is 0.771. The van der Waals surface area contributed by atoms with E-state index in [1.54, 1.807) is 0 Å². The van der Waals surface area contributed by atoms with E-state index < -0.39 is 0 Å². The van der Waals surface area contributed by atoms with Crippen LogP contribution in [0, 0.1) is 5.92 Å². The van der Waals surface area contributed by atoms with Gasteiger partial charge in [0.2, 0.25) is 11.7 Å². The van der Waals surface area contributed by atoms with Crippen LogP contribution in [0.15, 0.2) is 4.52 Å². The molecular weight excluding hydrogens is 262 g/mol. The number of ether oxygens (including phenoxy) is 1. The van der Waals surface area contributed by atoms with E-state index in [0.29, 0.717) is 11.7 Å². The summed E-state index contributed by atoms with van der Waals surface area (Å²) >= 11 is 1.88. The number of rotatable bonds is 3. The summed E-state index contributed by atoms with van der Waals surface area (Å²) in [6.07, 6.45) is 5.62. The summed E-state index contributed by atoms with van der Waals surface area (Å²) in [4.78, 5) is 4.49. The zero-order chi connectivity index (χ0) is 13.1. The Morgan fingerprint density at radius 1 is 1.32 bits per heavy atom. The molecule has 106 valence electrons. The van der Waals surface area contributed by atoms with Gasteiger partial charge in [-0.05, 0) is 18.8 Å². The van der Waals surface area contributed by atoms with Crippen molar-refractivity contribution in [2.45, 2.75) is 44.2 Å². The molecule has 1 aliphatic heterocycles. The number of thioether (sulfide) groups is 1. The second kappa shape index (κ2) is 6.24. The molecule has 19 heavy (non-hydrogen) atoms. The molecule has 2 N–H and O–H groups in total. The summed E-state index contributed by atoms with van der Waals surface area (Å²) in [6, 6.07) is 0.283. The minimum Gasteiger partial charge on any atom is -0.368 e. The first-order valence-electron chi connectivity index (χ1n) is 7.10. The molecule has 3 unspecified atom stereocenters. The molecule has 1 aromatic heterocycles. The van der Waals surface area contributed by atoms with Gasteiger partial charge in [-0.2, -0.15) is 16.7 Å². The average Bonchev–Trinajstić information content (AvgIpc) is 2.91. The molecule has 5 nitrogen and oxygen atoms in total. The molecule has 1 aromatic rings. The predicted octanol–water partition coefficient (Wildman–Crippen LogP) is 1.93. The summed E-state index contributed by atoms with van der Waals surface area (Å²) < 4.78 is 11.0. The van der Waals surface area contributed by atoms with E-state index >= 15 is 0 Å². The third-order valence-corrected chi connectivity index (χ3v) is 4.99. The highest BCUT2D eigenvalue weighted by molar-refractivity contribution is 7.99. The number of aromatic nitrogens is 2. The van der Waals surface area contributed by atoms with Gasteiger partial charge in [-0.25, -0.2) is 0 Å². The van der Waals surface area contributed by atoms with Crippen molar-refractivity contribution < 1.29 is 9.26 Å². The lowest BCUT2D eigenvalue weighted by Gasteiger charge is -2.27. The zero-order valence-corrected chi connectivity index (χ0v) is 11.9. The maximum atomic E-state index is 6.16. The number of hydrogen-bond donors (Lipinski definition) is 1. The molecule has 3 rings (SSSR count). The lowest BCUT2D eigenvalue weighted by Crippen LogP contribution is -2.34. The van der Waals surface area contributed by atoms with E-state index in [1.165, 1.54) is 19.3 Å². The molecule has 3 atom stereocenters. The fourth-order valence-electron chi connectivity index (χ4n) is 2.83. The van der Waals surface area contributed by atoms with Gasteiger partial charge >= 0.3 is 0 Å². The minimum absolute atomic E-state index is 0.00345. The molecule has 0 radical (unpaired) electrons. The Hall–Kier alpha value is -0.590.